The summed E-state index contributed by atoms with van der Waals surface area (Å²) >= 11 is 0. The standard InChI is InChI=1S/C18H16FN3O3/c19-13-2-1-3-15(12-13)22-9-8-17(21-22)18(24)20-14-4-6-16(7-5-14)25-11-10-23/h1-9,12,23H,10-11H2,(H,20,24). The van der Waals surface area contributed by atoms with Gasteiger partial charge in [-0.1, -0.05) is 6.07 Å². The third-order valence-electron chi connectivity index (χ3n) is 3.37. The maximum absolute atomic E-state index is 13.3. The lowest BCUT2D eigenvalue weighted by atomic mass is 10.3. The van der Waals surface area contributed by atoms with Crippen LogP contribution < -0.4 is 10.1 Å². The van der Waals surface area contributed by atoms with Crippen molar-refractivity contribution in [2.45, 2.75) is 0 Å². The molecule has 0 bridgehead atoms. The van der Waals surface area contributed by atoms with Crippen molar-refractivity contribution in [2.24, 2.45) is 0 Å². The summed E-state index contributed by atoms with van der Waals surface area (Å²) in [7, 11) is 0. The summed E-state index contributed by atoms with van der Waals surface area (Å²) in [5.41, 5.74) is 1.33. The Labute approximate surface area is 143 Å². The Kier molecular flexibility index (Phi) is 5.06. The van der Waals surface area contributed by atoms with E-state index in [2.05, 4.69) is 10.4 Å². The number of ether oxygens (including phenoxy) is 1. The van der Waals surface area contributed by atoms with E-state index >= 15 is 0 Å². The Morgan fingerprint density at radius 3 is 2.72 bits per heavy atom. The molecule has 0 aliphatic heterocycles. The summed E-state index contributed by atoms with van der Waals surface area (Å²) in [4.78, 5) is 12.3. The SMILES string of the molecule is O=C(Nc1ccc(OCCO)cc1)c1ccn(-c2cccc(F)c2)n1. The van der Waals surface area contributed by atoms with Gasteiger partial charge in [0.15, 0.2) is 5.69 Å². The molecule has 0 fully saturated rings. The molecule has 2 N–H and O–H groups in total. The molecule has 0 unspecified atom stereocenters. The van der Waals surface area contributed by atoms with Crippen LogP contribution in [0, 0.1) is 5.82 Å². The fourth-order valence-corrected chi connectivity index (χ4v) is 2.20. The summed E-state index contributed by atoms with van der Waals surface area (Å²) in [5, 5.41) is 15.6. The number of carbonyl (C=O) groups is 1. The van der Waals surface area contributed by atoms with E-state index in [9.17, 15) is 9.18 Å². The van der Waals surface area contributed by atoms with Crippen LogP contribution in [-0.4, -0.2) is 34.0 Å². The number of aliphatic hydroxyl groups excluding tert-OH is 1. The predicted molar refractivity (Wildman–Crippen MR) is 90.5 cm³/mol. The van der Waals surface area contributed by atoms with E-state index in [0.717, 1.165) is 0 Å². The number of aromatic nitrogens is 2. The van der Waals surface area contributed by atoms with Gasteiger partial charge < -0.3 is 15.2 Å². The first kappa shape index (κ1) is 16.7. The smallest absolute Gasteiger partial charge is 0.276 e. The molecule has 6 nitrogen and oxygen atoms in total. The fourth-order valence-electron chi connectivity index (χ4n) is 2.20. The number of rotatable bonds is 6. The van der Waals surface area contributed by atoms with Crippen LogP contribution in [0.4, 0.5) is 10.1 Å². The van der Waals surface area contributed by atoms with E-state index in [1.165, 1.54) is 16.8 Å². The van der Waals surface area contributed by atoms with E-state index in [-0.39, 0.29) is 30.6 Å². The molecule has 1 aromatic heterocycles. The Balaban J connectivity index is 1.67. The van der Waals surface area contributed by atoms with E-state index in [4.69, 9.17) is 9.84 Å². The molecule has 0 radical (unpaired) electrons. The second-order valence-corrected chi connectivity index (χ2v) is 5.18. The minimum Gasteiger partial charge on any atom is -0.491 e. The summed E-state index contributed by atoms with van der Waals surface area (Å²) < 4.78 is 20.0. The molecular formula is C18H16FN3O3. The number of amides is 1. The number of benzene rings is 2. The van der Waals surface area contributed by atoms with Crippen molar-refractivity contribution in [1.82, 2.24) is 9.78 Å². The monoisotopic (exact) mass is 341 g/mol. The third-order valence-corrected chi connectivity index (χ3v) is 3.37. The van der Waals surface area contributed by atoms with Crippen LogP contribution in [-0.2, 0) is 0 Å². The van der Waals surface area contributed by atoms with E-state index in [0.29, 0.717) is 17.1 Å². The van der Waals surface area contributed by atoms with Gasteiger partial charge in [-0.2, -0.15) is 5.10 Å². The van der Waals surface area contributed by atoms with Crippen LogP contribution in [0.15, 0.2) is 60.8 Å². The van der Waals surface area contributed by atoms with Crippen LogP contribution in [0.2, 0.25) is 0 Å². The second-order valence-electron chi connectivity index (χ2n) is 5.18. The fraction of sp³-hybridized carbons (Fsp3) is 0.111. The van der Waals surface area contributed by atoms with E-state index < -0.39 is 0 Å². The highest BCUT2D eigenvalue weighted by atomic mass is 19.1. The zero-order valence-corrected chi connectivity index (χ0v) is 13.2. The number of nitrogens with one attached hydrogen (secondary N) is 1. The number of aliphatic hydroxyl groups is 1. The van der Waals surface area contributed by atoms with Gasteiger partial charge in [0.25, 0.3) is 5.91 Å². The molecular weight excluding hydrogens is 325 g/mol. The van der Waals surface area contributed by atoms with Crippen LogP contribution in [0.25, 0.3) is 5.69 Å². The molecule has 3 aromatic rings. The molecule has 1 amide bonds. The molecule has 0 aliphatic carbocycles. The number of hydrogen-bond donors (Lipinski definition) is 2. The van der Waals surface area contributed by atoms with Gasteiger partial charge in [0.2, 0.25) is 0 Å². The zero-order valence-electron chi connectivity index (χ0n) is 13.2. The molecule has 0 atom stereocenters. The van der Waals surface area contributed by atoms with Gasteiger partial charge in [-0.3, -0.25) is 4.79 Å². The minimum atomic E-state index is -0.376. The number of anilines is 1. The summed E-state index contributed by atoms with van der Waals surface area (Å²) in [5.74, 6) is -0.149. The number of halogens is 1. The molecule has 25 heavy (non-hydrogen) atoms. The van der Waals surface area contributed by atoms with Gasteiger partial charge in [0.05, 0.1) is 12.3 Å². The maximum Gasteiger partial charge on any atom is 0.276 e. The lowest BCUT2D eigenvalue weighted by molar-refractivity contribution is 0.102. The molecule has 3 rings (SSSR count). The second kappa shape index (κ2) is 7.59. The Bertz CT molecular complexity index is 862. The predicted octanol–water partition coefficient (Wildman–Crippen LogP) is 2.63. The molecule has 0 aliphatic rings. The first-order valence-electron chi connectivity index (χ1n) is 7.62. The van der Waals surface area contributed by atoms with Crippen LogP contribution >= 0.6 is 0 Å². The van der Waals surface area contributed by atoms with Gasteiger partial charge in [-0.05, 0) is 48.5 Å². The number of hydrogen-bond acceptors (Lipinski definition) is 4. The first-order valence-corrected chi connectivity index (χ1v) is 7.62. The molecule has 0 saturated heterocycles. The van der Waals surface area contributed by atoms with Crippen molar-refractivity contribution in [3.63, 3.8) is 0 Å². The number of carbonyl (C=O) groups excluding carboxylic acids is 1. The highest BCUT2D eigenvalue weighted by Gasteiger charge is 2.11. The molecule has 0 saturated carbocycles. The highest BCUT2D eigenvalue weighted by molar-refractivity contribution is 6.02. The van der Waals surface area contributed by atoms with Crippen molar-refractivity contribution >= 4 is 11.6 Å². The first-order chi connectivity index (χ1) is 12.2. The summed E-state index contributed by atoms with van der Waals surface area (Å²) in [6, 6.07) is 14.3. The van der Waals surface area contributed by atoms with Gasteiger partial charge >= 0.3 is 0 Å². The van der Waals surface area contributed by atoms with Crippen LogP contribution in [0.1, 0.15) is 10.5 Å². The van der Waals surface area contributed by atoms with Gasteiger partial charge in [-0.15, -0.1) is 0 Å². The average molecular weight is 341 g/mol. The minimum absolute atomic E-state index is 0.0630. The Morgan fingerprint density at radius 1 is 1.20 bits per heavy atom. The molecule has 0 spiro atoms. The molecule has 2 aromatic carbocycles. The third kappa shape index (κ3) is 4.21. The molecule has 1 heterocycles. The summed E-state index contributed by atoms with van der Waals surface area (Å²) in [6.45, 7) is 0.148. The number of nitrogens with zero attached hydrogens (tertiary/aromatic N) is 2. The van der Waals surface area contributed by atoms with Gasteiger partial charge in [-0.25, -0.2) is 9.07 Å². The van der Waals surface area contributed by atoms with Crippen LogP contribution in [0.5, 0.6) is 5.75 Å². The van der Waals surface area contributed by atoms with Crippen molar-refractivity contribution < 1.29 is 19.0 Å². The summed E-state index contributed by atoms with van der Waals surface area (Å²) in [6.07, 6.45) is 1.59. The largest absolute Gasteiger partial charge is 0.491 e. The molecule has 128 valence electrons. The topological polar surface area (TPSA) is 76.4 Å². The molecule has 7 heteroatoms. The zero-order chi connectivity index (χ0) is 17.6. The highest BCUT2D eigenvalue weighted by Crippen LogP contribution is 2.16. The van der Waals surface area contributed by atoms with Crippen molar-refractivity contribution in [3.8, 4) is 11.4 Å². The van der Waals surface area contributed by atoms with Gasteiger partial charge in [0.1, 0.15) is 18.2 Å². The van der Waals surface area contributed by atoms with E-state index in [1.807, 2.05) is 0 Å². The average Bonchev–Trinajstić information content (AvgIpc) is 3.11. The van der Waals surface area contributed by atoms with Gasteiger partial charge in [0, 0.05) is 11.9 Å². The van der Waals surface area contributed by atoms with Crippen molar-refractivity contribution in [2.75, 3.05) is 18.5 Å². The lowest BCUT2D eigenvalue weighted by Gasteiger charge is -2.06. The quantitative estimate of drug-likeness (QED) is 0.723. The van der Waals surface area contributed by atoms with Crippen molar-refractivity contribution in [3.05, 3.63) is 72.3 Å². The Morgan fingerprint density at radius 2 is 2.00 bits per heavy atom. The lowest BCUT2D eigenvalue weighted by Crippen LogP contribution is -2.13. The van der Waals surface area contributed by atoms with Crippen LogP contribution in [0.3, 0.4) is 0 Å². The van der Waals surface area contributed by atoms with Crippen molar-refractivity contribution in [1.29, 1.82) is 0 Å². The Hall–Kier alpha value is -3.19. The maximum atomic E-state index is 13.3. The normalized spacial score (nSPS) is 10.5. The van der Waals surface area contributed by atoms with E-state index in [1.54, 1.807) is 48.7 Å².